The van der Waals surface area contributed by atoms with E-state index in [2.05, 4.69) is 5.32 Å². The van der Waals surface area contributed by atoms with Gasteiger partial charge in [-0.2, -0.15) is 0 Å². The lowest BCUT2D eigenvalue weighted by atomic mass is 10.2. The van der Waals surface area contributed by atoms with Crippen molar-refractivity contribution in [1.29, 1.82) is 0 Å². The lowest BCUT2D eigenvalue weighted by Gasteiger charge is -2.08. The molecule has 0 bridgehead atoms. The van der Waals surface area contributed by atoms with Gasteiger partial charge in [-0.1, -0.05) is 6.92 Å². The molecular formula is C8H16N2O. The van der Waals surface area contributed by atoms with Crippen molar-refractivity contribution >= 4 is 5.91 Å². The van der Waals surface area contributed by atoms with E-state index in [0.717, 1.165) is 18.9 Å². The van der Waals surface area contributed by atoms with E-state index in [0.29, 0.717) is 0 Å². The van der Waals surface area contributed by atoms with Crippen molar-refractivity contribution in [3.8, 4) is 0 Å². The van der Waals surface area contributed by atoms with Crippen molar-refractivity contribution in [1.82, 2.24) is 5.32 Å². The lowest BCUT2D eigenvalue weighted by molar-refractivity contribution is -0.122. The zero-order valence-electron chi connectivity index (χ0n) is 6.97. The summed E-state index contributed by atoms with van der Waals surface area (Å²) in [4.78, 5) is 11.1. The summed E-state index contributed by atoms with van der Waals surface area (Å²) < 4.78 is 0. The first-order valence-electron chi connectivity index (χ1n) is 4.27. The molecule has 64 valence electrons. The molecule has 0 aromatic carbocycles. The smallest absolute Gasteiger partial charge is 0.236 e. The van der Waals surface area contributed by atoms with E-state index in [9.17, 15) is 4.79 Å². The van der Waals surface area contributed by atoms with Gasteiger partial charge in [-0.15, -0.1) is 0 Å². The van der Waals surface area contributed by atoms with Gasteiger partial charge in [0.25, 0.3) is 0 Å². The van der Waals surface area contributed by atoms with Gasteiger partial charge in [0.15, 0.2) is 0 Å². The highest BCUT2D eigenvalue weighted by Crippen LogP contribution is 2.27. The van der Waals surface area contributed by atoms with Crippen LogP contribution in [0.5, 0.6) is 0 Å². The molecule has 1 saturated carbocycles. The van der Waals surface area contributed by atoms with Crippen LogP contribution in [0.3, 0.4) is 0 Å². The van der Waals surface area contributed by atoms with Crippen LogP contribution in [0.4, 0.5) is 0 Å². The second kappa shape index (κ2) is 3.72. The van der Waals surface area contributed by atoms with E-state index in [4.69, 9.17) is 5.73 Å². The van der Waals surface area contributed by atoms with Crippen molar-refractivity contribution in [2.45, 2.75) is 32.2 Å². The molecular weight excluding hydrogens is 140 g/mol. The monoisotopic (exact) mass is 156 g/mol. The fraction of sp³-hybridized carbons (Fsp3) is 0.875. The second-order valence-electron chi connectivity index (χ2n) is 3.20. The Hall–Kier alpha value is -0.570. The first-order chi connectivity index (χ1) is 5.24. The minimum absolute atomic E-state index is 0.000556. The molecule has 0 unspecified atom stereocenters. The number of amides is 1. The first kappa shape index (κ1) is 8.53. The summed E-state index contributed by atoms with van der Waals surface area (Å²) in [6.07, 6.45) is 3.25. The van der Waals surface area contributed by atoms with Crippen molar-refractivity contribution in [2.75, 3.05) is 6.54 Å². The molecule has 1 amide bonds. The predicted molar refractivity (Wildman–Crippen MR) is 44.0 cm³/mol. The molecule has 0 heterocycles. The largest absolute Gasteiger partial charge is 0.354 e. The van der Waals surface area contributed by atoms with Crippen LogP contribution >= 0.6 is 0 Å². The van der Waals surface area contributed by atoms with Crippen LogP contribution in [0.2, 0.25) is 0 Å². The summed E-state index contributed by atoms with van der Waals surface area (Å²) in [5.74, 6) is 0.738. The van der Waals surface area contributed by atoms with Crippen LogP contribution in [-0.4, -0.2) is 18.5 Å². The van der Waals surface area contributed by atoms with Gasteiger partial charge in [0.1, 0.15) is 0 Å². The third-order valence-corrected chi connectivity index (χ3v) is 2.04. The highest BCUT2D eigenvalue weighted by atomic mass is 16.2. The molecule has 0 aromatic rings. The van der Waals surface area contributed by atoms with Crippen LogP contribution in [0.1, 0.15) is 26.2 Å². The first-order valence-corrected chi connectivity index (χ1v) is 4.27. The summed E-state index contributed by atoms with van der Waals surface area (Å²) in [7, 11) is 0. The normalized spacial score (nSPS) is 19.5. The number of carbonyl (C=O) groups is 1. The summed E-state index contributed by atoms with van der Waals surface area (Å²) in [5.41, 5.74) is 5.51. The van der Waals surface area contributed by atoms with E-state index in [1.165, 1.54) is 12.8 Å². The Kier molecular flexibility index (Phi) is 2.88. The van der Waals surface area contributed by atoms with Gasteiger partial charge in [0.05, 0.1) is 6.04 Å². The molecule has 0 saturated heterocycles. The maximum Gasteiger partial charge on any atom is 0.236 e. The van der Waals surface area contributed by atoms with Crippen LogP contribution in [0.15, 0.2) is 0 Å². The van der Waals surface area contributed by atoms with Crippen LogP contribution in [0.25, 0.3) is 0 Å². The van der Waals surface area contributed by atoms with Gasteiger partial charge >= 0.3 is 0 Å². The molecule has 1 aliphatic carbocycles. The Morgan fingerprint density at radius 1 is 1.73 bits per heavy atom. The summed E-state index contributed by atoms with van der Waals surface area (Å²) in [6, 6.07) is -0.311. The second-order valence-corrected chi connectivity index (χ2v) is 3.20. The molecule has 1 fully saturated rings. The molecule has 0 aromatic heterocycles. The number of carbonyl (C=O) groups excluding carboxylic acids is 1. The quantitative estimate of drug-likeness (QED) is 0.613. The van der Waals surface area contributed by atoms with Crippen LogP contribution in [0, 0.1) is 5.92 Å². The number of rotatable bonds is 4. The molecule has 0 radical (unpaired) electrons. The Labute approximate surface area is 67.3 Å². The van der Waals surface area contributed by atoms with E-state index >= 15 is 0 Å². The number of nitrogens with one attached hydrogen (secondary N) is 1. The standard InChI is InChI=1S/C8H16N2O/c1-2-7(9)8(11)10-5-6-3-4-6/h6-7H,2-5,9H2,1H3,(H,10,11)/t7-/m0/s1. The number of hydrogen-bond acceptors (Lipinski definition) is 2. The van der Waals surface area contributed by atoms with Gasteiger partial charge in [-0.25, -0.2) is 0 Å². The number of nitrogens with two attached hydrogens (primary N) is 1. The van der Waals surface area contributed by atoms with Crippen molar-refractivity contribution < 1.29 is 4.79 Å². The summed E-state index contributed by atoms with van der Waals surface area (Å²) in [5, 5.41) is 2.83. The molecule has 0 aliphatic heterocycles. The molecule has 3 N–H and O–H groups in total. The van der Waals surface area contributed by atoms with E-state index in [1.54, 1.807) is 0 Å². The zero-order chi connectivity index (χ0) is 8.27. The minimum atomic E-state index is -0.311. The molecule has 1 atom stereocenters. The van der Waals surface area contributed by atoms with E-state index in [1.807, 2.05) is 6.92 Å². The maximum absolute atomic E-state index is 11.1. The summed E-state index contributed by atoms with van der Waals surface area (Å²) >= 11 is 0. The molecule has 0 spiro atoms. The van der Waals surface area contributed by atoms with Gasteiger partial charge in [0.2, 0.25) is 5.91 Å². The molecule has 3 nitrogen and oxygen atoms in total. The van der Waals surface area contributed by atoms with Crippen molar-refractivity contribution in [3.05, 3.63) is 0 Å². The average molecular weight is 156 g/mol. The Morgan fingerprint density at radius 3 is 2.82 bits per heavy atom. The fourth-order valence-corrected chi connectivity index (χ4v) is 0.883. The third kappa shape index (κ3) is 2.89. The van der Waals surface area contributed by atoms with Crippen LogP contribution < -0.4 is 11.1 Å². The fourth-order valence-electron chi connectivity index (χ4n) is 0.883. The highest BCUT2D eigenvalue weighted by molar-refractivity contribution is 5.81. The third-order valence-electron chi connectivity index (χ3n) is 2.04. The van der Waals surface area contributed by atoms with Crippen molar-refractivity contribution in [3.63, 3.8) is 0 Å². The minimum Gasteiger partial charge on any atom is -0.354 e. The van der Waals surface area contributed by atoms with Gasteiger partial charge in [0, 0.05) is 6.54 Å². The van der Waals surface area contributed by atoms with Crippen LogP contribution in [-0.2, 0) is 4.79 Å². The molecule has 1 aliphatic rings. The SMILES string of the molecule is CC[C@H](N)C(=O)NCC1CC1. The Bertz CT molecular complexity index is 143. The lowest BCUT2D eigenvalue weighted by Crippen LogP contribution is -2.40. The van der Waals surface area contributed by atoms with Gasteiger partial charge in [-0.3, -0.25) is 4.79 Å². The Balaban J connectivity index is 2.08. The zero-order valence-corrected chi connectivity index (χ0v) is 6.97. The number of hydrogen-bond donors (Lipinski definition) is 2. The van der Waals surface area contributed by atoms with E-state index < -0.39 is 0 Å². The molecule has 1 rings (SSSR count). The van der Waals surface area contributed by atoms with E-state index in [-0.39, 0.29) is 11.9 Å². The van der Waals surface area contributed by atoms with Gasteiger partial charge in [-0.05, 0) is 25.2 Å². The predicted octanol–water partition coefficient (Wildman–Crippen LogP) is 0.250. The highest BCUT2D eigenvalue weighted by Gasteiger charge is 2.22. The molecule has 11 heavy (non-hydrogen) atoms. The summed E-state index contributed by atoms with van der Waals surface area (Å²) in [6.45, 7) is 2.74. The topological polar surface area (TPSA) is 55.1 Å². The maximum atomic E-state index is 11.1. The molecule has 3 heteroatoms. The van der Waals surface area contributed by atoms with Crippen molar-refractivity contribution in [2.24, 2.45) is 11.7 Å². The Morgan fingerprint density at radius 2 is 2.36 bits per heavy atom. The van der Waals surface area contributed by atoms with Gasteiger partial charge < -0.3 is 11.1 Å². The average Bonchev–Trinajstić information content (AvgIpc) is 2.81.